The van der Waals surface area contributed by atoms with Crippen LogP contribution in [0.4, 0.5) is 5.69 Å². The number of nitrogens with one attached hydrogen (secondary N) is 2. The van der Waals surface area contributed by atoms with E-state index in [0.717, 1.165) is 5.56 Å². The van der Waals surface area contributed by atoms with Crippen molar-refractivity contribution in [1.82, 2.24) is 20.1 Å². The Morgan fingerprint density at radius 2 is 2.21 bits per heavy atom. The summed E-state index contributed by atoms with van der Waals surface area (Å²) in [4.78, 5) is 12.3. The average Bonchev–Trinajstić information content (AvgIpc) is 2.96. The molecule has 0 aliphatic heterocycles. The average molecular weight is 261 g/mol. The van der Waals surface area contributed by atoms with E-state index in [1.807, 2.05) is 25.3 Å². The first kappa shape index (κ1) is 13.2. The van der Waals surface area contributed by atoms with Crippen molar-refractivity contribution in [2.24, 2.45) is 0 Å². The molecule has 2 heterocycles. The number of aromatic nitrogens is 3. The molecule has 1 atom stereocenters. The highest BCUT2D eigenvalue weighted by Crippen LogP contribution is 2.18. The van der Waals surface area contributed by atoms with Crippen molar-refractivity contribution in [3.8, 4) is 0 Å². The second kappa shape index (κ2) is 5.17. The Labute approximate surface area is 112 Å². The summed E-state index contributed by atoms with van der Waals surface area (Å²) < 4.78 is 1.87. The van der Waals surface area contributed by atoms with Crippen LogP contribution >= 0.6 is 0 Å². The van der Waals surface area contributed by atoms with E-state index >= 15 is 0 Å². The van der Waals surface area contributed by atoms with Crippen molar-refractivity contribution in [3.05, 3.63) is 35.9 Å². The van der Waals surface area contributed by atoms with Gasteiger partial charge in [0.2, 0.25) is 0 Å². The highest BCUT2D eigenvalue weighted by molar-refractivity contribution is 5.94. The predicted octanol–water partition coefficient (Wildman–Crippen LogP) is 1.87. The van der Waals surface area contributed by atoms with Crippen molar-refractivity contribution >= 4 is 11.6 Å². The molecule has 0 aliphatic rings. The van der Waals surface area contributed by atoms with Crippen LogP contribution in [0.25, 0.3) is 0 Å². The number of carbonyl (C=O) groups excluding carboxylic acids is 1. The van der Waals surface area contributed by atoms with Crippen molar-refractivity contribution in [3.63, 3.8) is 0 Å². The van der Waals surface area contributed by atoms with Gasteiger partial charge in [-0.05, 0) is 26.8 Å². The summed E-state index contributed by atoms with van der Waals surface area (Å²) in [5, 5.41) is 9.53. The molecule has 2 aromatic rings. The Morgan fingerprint density at radius 1 is 1.47 bits per heavy atom. The lowest BCUT2D eigenvalue weighted by molar-refractivity contribution is 0.0929. The topological polar surface area (TPSA) is 88.7 Å². The van der Waals surface area contributed by atoms with Gasteiger partial charge in [0.05, 0.1) is 17.9 Å². The molecule has 0 spiro atoms. The molecular weight excluding hydrogens is 242 g/mol. The number of hydrogen-bond donors (Lipinski definition) is 3. The zero-order chi connectivity index (χ0) is 14.0. The first-order valence-corrected chi connectivity index (χ1v) is 6.26. The number of aromatic amines is 1. The largest absolute Gasteiger partial charge is 0.397 e. The van der Waals surface area contributed by atoms with Crippen molar-refractivity contribution in [1.29, 1.82) is 0 Å². The Bertz CT molecular complexity index is 556. The molecule has 6 heteroatoms. The summed E-state index contributed by atoms with van der Waals surface area (Å²) in [6, 6.07) is 1.77. The number of H-pyrrole nitrogens is 1. The SMILES string of the molecule is CC(NC(=O)c1cc(N)cn1C(C)C)c1cn[nH]c1. The number of nitrogens with two attached hydrogens (primary N) is 1. The summed E-state index contributed by atoms with van der Waals surface area (Å²) in [6.07, 6.45) is 5.24. The van der Waals surface area contributed by atoms with E-state index in [1.165, 1.54) is 0 Å². The fourth-order valence-electron chi connectivity index (χ4n) is 1.96. The summed E-state index contributed by atoms with van der Waals surface area (Å²) in [6.45, 7) is 5.93. The van der Waals surface area contributed by atoms with E-state index < -0.39 is 0 Å². The molecule has 0 aromatic carbocycles. The van der Waals surface area contributed by atoms with Gasteiger partial charge in [-0.2, -0.15) is 5.10 Å². The maximum absolute atomic E-state index is 12.3. The lowest BCUT2D eigenvalue weighted by Gasteiger charge is -2.15. The minimum absolute atomic E-state index is 0.108. The van der Waals surface area contributed by atoms with Gasteiger partial charge < -0.3 is 15.6 Å². The van der Waals surface area contributed by atoms with Gasteiger partial charge in [-0.25, -0.2) is 0 Å². The fraction of sp³-hybridized carbons (Fsp3) is 0.385. The van der Waals surface area contributed by atoms with Crippen molar-refractivity contribution in [2.45, 2.75) is 32.9 Å². The standard InChI is InChI=1S/C13H19N5O/c1-8(2)18-7-11(14)4-12(18)13(19)17-9(3)10-5-15-16-6-10/h4-9H,14H2,1-3H3,(H,15,16)(H,17,19). The molecule has 0 fully saturated rings. The molecule has 6 nitrogen and oxygen atoms in total. The smallest absolute Gasteiger partial charge is 0.268 e. The minimum Gasteiger partial charge on any atom is -0.397 e. The molecule has 4 N–H and O–H groups in total. The van der Waals surface area contributed by atoms with E-state index in [-0.39, 0.29) is 18.0 Å². The van der Waals surface area contributed by atoms with Crippen LogP contribution in [-0.2, 0) is 0 Å². The zero-order valence-corrected chi connectivity index (χ0v) is 11.3. The van der Waals surface area contributed by atoms with Crippen molar-refractivity contribution < 1.29 is 4.79 Å². The van der Waals surface area contributed by atoms with Crippen molar-refractivity contribution in [2.75, 3.05) is 5.73 Å². The van der Waals surface area contributed by atoms with Crippen LogP contribution in [-0.4, -0.2) is 20.7 Å². The first-order chi connectivity index (χ1) is 8.99. The van der Waals surface area contributed by atoms with E-state index in [1.54, 1.807) is 24.7 Å². The lowest BCUT2D eigenvalue weighted by Crippen LogP contribution is -2.28. The molecule has 2 aromatic heterocycles. The number of rotatable bonds is 4. The van der Waals surface area contributed by atoms with Gasteiger partial charge >= 0.3 is 0 Å². The van der Waals surface area contributed by atoms with Crippen LogP contribution in [0.3, 0.4) is 0 Å². The third-order valence-electron chi connectivity index (χ3n) is 3.03. The monoisotopic (exact) mass is 261 g/mol. The third-order valence-corrected chi connectivity index (χ3v) is 3.03. The fourth-order valence-corrected chi connectivity index (χ4v) is 1.96. The number of carbonyl (C=O) groups is 1. The molecule has 2 rings (SSSR count). The summed E-state index contributed by atoms with van der Waals surface area (Å²) >= 11 is 0. The molecule has 19 heavy (non-hydrogen) atoms. The number of hydrogen-bond acceptors (Lipinski definition) is 3. The molecule has 1 unspecified atom stereocenters. The quantitative estimate of drug-likeness (QED) is 0.785. The van der Waals surface area contributed by atoms with Gasteiger partial charge in [0.15, 0.2) is 0 Å². The van der Waals surface area contributed by atoms with Crippen LogP contribution in [0, 0.1) is 0 Å². The lowest BCUT2D eigenvalue weighted by atomic mass is 10.2. The summed E-state index contributed by atoms with van der Waals surface area (Å²) in [5.41, 5.74) is 7.86. The van der Waals surface area contributed by atoms with Gasteiger partial charge in [-0.3, -0.25) is 9.89 Å². The van der Waals surface area contributed by atoms with Crippen LogP contribution < -0.4 is 11.1 Å². The normalized spacial score (nSPS) is 12.6. The van der Waals surface area contributed by atoms with E-state index in [9.17, 15) is 4.79 Å². The number of anilines is 1. The van der Waals surface area contributed by atoms with E-state index in [4.69, 9.17) is 5.73 Å². The molecular formula is C13H19N5O. The maximum Gasteiger partial charge on any atom is 0.268 e. The van der Waals surface area contributed by atoms with Gasteiger partial charge in [-0.1, -0.05) is 0 Å². The molecule has 0 aliphatic carbocycles. The number of nitrogens with zero attached hydrogens (tertiary/aromatic N) is 2. The Hall–Kier alpha value is -2.24. The first-order valence-electron chi connectivity index (χ1n) is 6.26. The van der Waals surface area contributed by atoms with Crippen LogP contribution in [0.1, 0.15) is 48.9 Å². The molecule has 0 bridgehead atoms. The van der Waals surface area contributed by atoms with Crippen LogP contribution in [0.2, 0.25) is 0 Å². The minimum atomic E-state index is -0.140. The number of nitrogen functional groups attached to an aromatic ring is 1. The van der Waals surface area contributed by atoms with Gasteiger partial charge in [0.25, 0.3) is 5.91 Å². The van der Waals surface area contributed by atoms with Gasteiger partial charge in [0, 0.05) is 24.0 Å². The highest BCUT2D eigenvalue weighted by atomic mass is 16.2. The van der Waals surface area contributed by atoms with Gasteiger partial charge in [0.1, 0.15) is 5.69 Å². The van der Waals surface area contributed by atoms with Crippen LogP contribution in [0.5, 0.6) is 0 Å². The molecule has 0 saturated heterocycles. The van der Waals surface area contributed by atoms with E-state index in [2.05, 4.69) is 15.5 Å². The zero-order valence-electron chi connectivity index (χ0n) is 11.3. The predicted molar refractivity (Wildman–Crippen MR) is 73.7 cm³/mol. The molecule has 102 valence electrons. The third kappa shape index (κ3) is 2.78. The molecule has 1 amide bonds. The van der Waals surface area contributed by atoms with E-state index in [0.29, 0.717) is 11.4 Å². The van der Waals surface area contributed by atoms with Crippen LogP contribution in [0.15, 0.2) is 24.7 Å². The number of amides is 1. The highest BCUT2D eigenvalue weighted by Gasteiger charge is 2.17. The Morgan fingerprint density at radius 3 is 2.79 bits per heavy atom. The Balaban J connectivity index is 2.16. The summed E-state index contributed by atoms with van der Waals surface area (Å²) in [7, 11) is 0. The Kier molecular flexibility index (Phi) is 3.59. The molecule has 0 radical (unpaired) electrons. The second-order valence-electron chi connectivity index (χ2n) is 4.89. The van der Waals surface area contributed by atoms with Gasteiger partial charge in [-0.15, -0.1) is 0 Å². The summed E-state index contributed by atoms with van der Waals surface area (Å²) in [5.74, 6) is -0.140. The second-order valence-corrected chi connectivity index (χ2v) is 4.89. The molecule has 0 saturated carbocycles. The maximum atomic E-state index is 12.3.